The van der Waals surface area contributed by atoms with Gasteiger partial charge in [0.05, 0.1) is 44.2 Å². The minimum absolute atomic E-state index is 0.0435. The number of likely N-dealkylation sites (tertiary alicyclic amines) is 1. The van der Waals surface area contributed by atoms with E-state index in [1.165, 1.54) is 6.07 Å². The third-order valence-corrected chi connectivity index (χ3v) is 8.89. The van der Waals surface area contributed by atoms with Crippen molar-refractivity contribution in [2.75, 3.05) is 63.3 Å². The van der Waals surface area contributed by atoms with Gasteiger partial charge in [0.2, 0.25) is 17.7 Å². The summed E-state index contributed by atoms with van der Waals surface area (Å²) in [6.07, 6.45) is 0.237. The van der Waals surface area contributed by atoms with Crippen molar-refractivity contribution in [2.45, 2.75) is 50.8 Å². The molecule has 1 N–H and O–H groups in total. The fourth-order valence-corrected chi connectivity index (χ4v) is 6.27. The summed E-state index contributed by atoms with van der Waals surface area (Å²) in [6, 6.07) is 13.1. The summed E-state index contributed by atoms with van der Waals surface area (Å²) < 4.78 is 46.5. The SMILES string of the molecule is CCC(=O)N1CCC(Oc2ccc(-c3ccnc(Nc4ccc(N5CCN(C6COC6)[C@@H](C)C5)c(OC)n4)n3)cc2C#N)C(F)(F)C1. The quantitative estimate of drug-likeness (QED) is 0.360. The molecule has 248 valence electrons. The van der Waals surface area contributed by atoms with E-state index in [0.717, 1.165) is 43.4 Å². The number of rotatable bonds is 9. The summed E-state index contributed by atoms with van der Waals surface area (Å²) in [4.78, 5) is 31.5. The minimum atomic E-state index is -3.25. The molecule has 3 fully saturated rings. The van der Waals surface area contributed by atoms with Crippen LogP contribution in [0.5, 0.6) is 11.6 Å². The highest BCUT2D eigenvalue weighted by Gasteiger charge is 2.47. The van der Waals surface area contributed by atoms with Crippen molar-refractivity contribution in [3.8, 4) is 29.0 Å². The molecular weight excluding hydrogens is 610 g/mol. The normalized spacial score (nSPS) is 21.4. The number of piperazine rings is 1. The molecule has 3 aliphatic heterocycles. The van der Waals surface area contributed by atoms with E-state index in [4.69, 9.17) is 14.2 Å². The number of nitrogens with zero attached hydrogens (tertiary/aromatic N) is 7. The first kappa shape index (κ1) is 32.3. The molecule has 3 saturated heterocycles. The van der Waals surface area contributed by atoms with Gasteiger partial charge in [-0.25, -0.2) is 18.7 Å². The van der Waals surface area contributed by atoms with Crippen molar-refractivity contribution in [2.24, 2.45) is 0 Å². The second-order valence-electron chi connectivity index (χ2n) is 12.0. The van der Waals surface area contributed by atoms with Crippen LogP contribution in [0.4, 0.5) is 26.2 Å². The Balaban J connectivity index is 1.13. The lowest BCUT2D eigenvalue weighted by molar-refractivity contribution is -0.159. The van der Waals surface area contributed by atoms with Crippen LogP contribution in [0, 0.1) is 11.3 Å². The molecule has 0 aliphatic carbocycles. The van der Waals surface area contributed by atoms with Gasteiger partial charge in [-0.2, -0.15) is 10.2 Å². The van der Waals surface area contributed by atoms with Gasteiger partial charge in [0.1, 0.15) is 23.3 Å². The average molecular weight is 649 g/mol. The second kappa shape index (κ2) is 13.6. The molecule has 0 saturated carbocycles. The number of nitrogens with one attached hydrogen (secondary N) is 1. The Morgan fingerprint density at radius 2 is 2.00 bits per heavy atom. The first-order chi connectivity index (χ1) is 22.7. The maximum atomic E-state index is 14.9. The van der Waals surface area contributed by atoms with Gasteiger partial charge in [0.25, 0.3) is 0 Å². The van der Waals surface area contributed by atoms with E-state index in [2.05, 4.69) is 37.0 Å². The van der Waals surface area contributed by atoms with Gasteiger partial charge < -0.3 is 29.3 Å². The van der Waals surface area contributed by atoms with Crippen LogP contribution < -0.4 is 19.7 Å². The number of pyridine rings is 1. The Morgan fingerprint density at radius 3 is 2.68 bits per heavy atom. The van der Waals surface area contributed by atoms with Gasteiger partial charge in [-0.15, -0.1) is 0 Å². The lowest BCUT2D eigenvalue weighted by atomic mass is 10.0. The Kier molecular flexibility index (Phi) is 9.38. The van der Waals surface area contributed by atoms with Gasteiger partial charge in [-0.05, 0) is 43.3 Å². The van der Waals surface area contributed by atoms with Crippen LogP contribution in [0.3, 0.4) is 0 Å². The number of hydrogen-bond acceptors (Lipinski definition) is 11. The Bertz CT molecular complexity index is 1650. The number of amides is 1. The molecule has 5 heterocycles. The van der Waals surface area contributed by atoms with Crippen LogP contribution in [0.15, 0.2) is 42.6 Å². The molecule has 1 aromatic carbocycles. The number of anilines is 3. The summed E-state index contributed by atoms with van der Waals surface area (Å²) in [5.74, 6) is -2.27. The van der Waals surface area contributed by atoms with Crippen molar-refractivity contribution >= 4 is 23.4 Å². The van der Waals surface area contributed by atoms with Crippen LogP contribution >= 0.6 is 0 Å². The summed E-state index contributed by atoms with van der Waals surface area (Å²) in [7, 11) is 1.59. The molecular formula is C33H38F2N8O4. The summed E-state index contributed by atoms with van der Waals surface area (Å²) in [5, 5.41) is 13.0. The standard InChI is InChI=1S/C33H38F2N8O4/c1-4-30(44)42-12-10-28(33(34,35)20-42)47-27-7-5-22(15-23(27)16-36)25-9-11-37-32(38-25)40-29-8-6-26(31(39-29)45-3)41-13-14-43(21(2)17-41)24-18-46-19-24/h5-9,11,15,21,24,28H,4,10,12-14,17-20H2,1-3H3,(H,37,38,39,40)/t21-,28?/m0/s1. The van der Waals surface area contributed by atoms with E-state index in [-0.39, 0.29) is 42.6 Å². The lowest BCUT2D eigenvalue weighted by Crippen LogP contribution is -2.60. The monoisotopic (exact) mass is 648 g/mol. The number of halogens is 2. The van der Waals surface area contributed by atoms with E-state index < -0.39 is 18.6 Å². The van der Waals surface area contributed by atoms with Crippen molar-refractivity contribution in [1.82, 2.24) is 24.8 Å². The molecule has 0 bridgehead atoms. The molecule has 3 aromatic rings. The molecule has 1 amide bonds. The van der Waals surface area contributed by atoms with Gasteiger partial charge in [-0.1, -0.05) is 6.92 Å². The number of carbonyl (C=O) groups excluding carboxylic acids is 1. The zero-order chi connectivity index (χ0) is 33.1. The molecule has 12 nitrogen and oxygen atoms in total. The van der Waals surface area contributed by atoms with Crippen LogP contribution in [0.25, 0.3) is 11.3 Å². The molecule has 6 rings (SSSR count). The maximum absolute atomic E-state index is 14.9. The van der Waals surface area contributed by atoms with Gasteiger partial charge in [0.15, 0.2) is 6.10 Å². The minimum Gasteiger partial charge on any atom is -0.483 e. The number of nitriles is 1. The molecule has 2 atom stereocenters. The highest BCUT2D eigenvalue weighted by molar-refractivity contribution is 5.76. The number of carbonyl (C=O) groups is 1. The van der Waals surface area contributed by atoms with E-state index in [1.54, 1.807) is 38.4 Å². The molecule has 14 heteroatoms. The summed E-state index contributed by atoms with van der Waals surface area (Å²) in [6.45, 7) is 7.55. The molecule has 0 spiro atoms. The number of aromatic nitrogens is 3. The predicted octanol–water partition coefficient (Wildman–Crippen LogP) is 4.10. The van der Waals surface area contributed by atoms with Crippen molar-refractivity contribution in [3.63, 3.8) is 0 Å². The van der Waals surface area contributed by atoms with Crippen molar-refractivity contribution < 1.29 is 27.8 Å². The zero-order valence-corrected chi connectivity index (χ0v) is 26.7. The smallest absolute Gasteiger partial charge is 0.301 e. The predicted molar refractivity (Wildman–Crippen MR) is 170 cm³/mol. The lowest BCUT2D eigenvalue weighted by Gasteiger charge is -2.47. The van der Waals surface area contributed by atoms with E-state index in [1.807, 2.05) is 18.2 Å². The number of piperidine rings is 1. The third kappa shape index (κ3) is 6.91. The molecule has 3 aliphatic rings. The van der Waals surface area contributed by atoms with Crippen molar-refractivity contribution in [1.29, 1.82) is 5.26 Å². The van der Waals surface area contributed by atoms with Crippen molar-refractivity contribution in [3.05, 3.63) is 48.2 Å². The Hall–Kier alpha value is -4.61. The zero-order valence-electron chi connectivity index (χ0n) is 26.7. The van der Waals surface area contributed by atoms with Gasteiger partial charge >= 0.3 is 5.92 Å². The fourth-order valence-electron chi connectivity index (χ4n) is 6.27. The molecule has 47 heavy (non-hydrogen) atoms. The summed E-state index contributed by atoms with van der Waals surface area (Å²) >= 11 is 0. The molecule has 0 radical (unpaired) electrons. The number of methoxy groups -OCH3 is 1. The van der Waals surface area contributed by atoms with Gasteiger partial charge in [0, 0.05) is 56.8 Å². The number of hydrogen-bond donors (Lipinski definition) is 1. The van der Waals surface area contributed by atoms with Crippen LogP contribution in [0.1, 0.15) is 32.3 Å². The van der Waals surface area contributed by atoms with Crippen LogP contribution in [-0.2, 0) is 9.53 Å². The topological polar surface area (TPSA) is 129 Å². The first-order valence-electron chi connectivity index (χ1n) is 15.8. The highest BCUT2D eigenvalue weighted by atomic mass is 19.3. The van der Waals surface area contributed by atoms with E-state index in [9.17, 15) is 18.8 Å². The summed E-state index contributed by atoms with van der Waals surface area (Å²) in [5.41, 5.74) is 2.09. The maximum Gasteiger partial charge on any atom is 0.301 e. The fraction of sp³-hybridized carbons (Fsp3) is 0.485. The van der Waals surface area contributed by atoms with Crippen LogP contribution in [0.2, 0.25) is 0 Å². The molecule has 2 aromatic heterocycles. The second-order valence-corrected chi connectivity index (χ2v) is 12.0. The number of benzene rings is 1. The third-order valence-electron chi connectivity index (χ3n) is 8.89. The highest BCUT2D eigenvalue weighted by Crippen LogP contribution is 2.35. The van der Waals surface area contributed by atoms with E-state index in [0.29, 0.717) is 35.0 Å². The van der Waals surface area contributed by atoms with Crippen LogP contribution in [-0.4, -0.2) is 108 Å². The average Bonchev–Trinajstić information content (AvgIpc) is 3.05. The molecule has 1 unspecified atom stereocenters. The number of alkyl halides is 2. The van der Waals surface area contributed by atoms with E-state index >= 15 is 0 Å². The first-order valence-corrected chi connectivity index (χ1v) is 15.8. The Morgan fingerprint density at radius 1 is 1.17 bits per heavy atom. The largest absolute Gasteiger partial charge is 0.483 e. The number of ether oxygens (including phenoxy) is 3. The Labute approximate surface area is 272 Å². The van der Waals surface area contributed by atoms with Gasteiger partial charge in [-0.3, -0.25) is 9.69 Å².